The van der Waals surface area contributed by atoms with Crippen molar-refractivity contribution in [2.45, 2.75) is 24.9 Å². The van der Waals surface area contributed by atoms with E-state index >= 15 is 0 Å². The third-order valence-electron chi connectivity index (χ3n) is 6.34. The van der Waals surface area contributed by atoms with Crippen molar-refractivity contribution in [3.63, 3.8) is 0 Å². The Morgan fingerprint density at radius 3 is 2.41 bits per heavy atom. The number of nitriles is 1. The first-order valence-electron chi connectivity index (χ1n) is 11.0. The molecule has 2 aromatic carbocycles. The summed E-state index contributed by atoms with van der Waals surface area (Å²) in [6, 6.07) is 16.9. The van der Waals surface area contributed by atoms with Crippen LogP contribution in [-0.4, -0.2) is 41.9 Å². The molecule has 0 saturated heterocycles. The van der Waals surface area contributed by atoms with Gasteiger partial charge < -0.3 is 20.1 Å². The maximum absolute atomic E-state index is 13.6. The van der Waals surface area contributed by atoms with Crippen LogP contribution in [0.15, 0.2) is 48.5 Å². The second-order valence-corrected chi connectivity index (χ2v) is 8.40. The number of amides is 2. The standard InChI is InChI=1S/C25H23N5O4/c1-33-19-8-6-18(7-9-19)30-23-20(21(14-26)28-30)10-13-29(24(23)32)17-4-2-16(3-5-17)25(11-12-25)34-15-22(27)31/h2-9H,10-13,15H2,1H3,(H2,27,31). The molecule has 2 aliphatic rings. The lowest BCUT2D eigenvalue weighted by atomic mass is 10.0. The van der Waals surface area contributed by atoms with Crippen LogP contribution in [0.1, 0.15) is 40.2 Å². The number of carbonyl (C=O) groups is 2. The fraction of sp³-hybridized carbons (Fsp3) is 0.280. The number of hydrogen-bond acceptors (Lipinski definition) is 6. The van der Waals surface area contributed by atoms with Gasteiger partial charge in [-0.2, -0.15) is 10.4 Å². The van der Waals surface area contributed by atoms with Gasteiger partial charge in [0, 0.05) is 17.8 Å². The number of hydrogen-bond donors (Lipinski definition) is 1. The number of anilines is 1. The number of ether oxygens (including phenoxy) is 2. The summed E-state index contributed by atoms with van der Waals surface area (Å²) in [5.74, 6) is -0.0284. The Bertz CT molecular complexity index is 1300. The Labute approximate surface area is 196 Å². The Morgan fingerprint density at radius 1 is 1.15 bits per heavy atom. The van der Waals surface area contributed by atoms with Crippen molar-refractivity contribution in [2.75, 3.05) is 25.2 Å². The van der Waals surface area contributed by atoms with Gasteiger partial charge in [-0.25, -0.2) is 4.68 Å². The summed E-state index contributed by atoms with van der Waals surface area (Å²) in [4.78, 5) is 26.4. The second-order valence-electron chi connectivity index (χ2n) is 8.40. The Hall–Kier alpha value is -4.16. The smallest absolute Gasteiger partial charge is 0.277 e. The van der Waals surface area contributed by atoms with Gasteiger partial charge in [-0.3, -0.25) is 9.59 Å². The van der Waals surface area contributed by atoms with Crippen molar-refractivity contribution < 1.29 is 19.1 Å². The number of carbonyl (C=O) groups excluding carboxylic acids is 2. The van der Waals surface area contributed by atoms with Crippen LogP contribution in [0.5, 0.6) is 5.75 Å². The van der Waals surface area contributed by atoms with Gasteiger partial charge in [0.25, 0.3) is 5.91 Å². The highest BCUT2D eigenvalue weighted by Crippen LogP contribution is 2.49. The third-order valence-corrected chi connectivity index (χ3v) is 6.34. The van der Waals surface area contributed by atoms with E-state index in [0.717, 1.165) is 24.1 Å². The van der Waals surface area contributed by atoms with Gasteiger partial charge in [-0.05, 0) is 61.2 Å². The van der Waals surface area contributed by atoms with E-state index in [1.54, 1.807) is 36.3 Å². The fourth-order valence-corrected chi connectivity index (χ4v) is 4.39. The Kier molecular flexibility index (Phi) is 5.30. The normalized spacial score (nSPS) is 16.0. The molecule has 172 valence electrons. The fourth-order valence-electron chi connectivity index (χ4n) is 4.39. The van der Waals surface area contributed by atoms with Crippen molar-refractivity contribution in [1.82, 2.24) is 9.78 Å². The average molecular weight is 457 g/mol. The molecule has 1 fully saturated rings. The summed E-state index contributed by atoms with van der Waals surface area (Å²) in [6.07, 6.45) is 2.17. The summed E-state index contributed by atoms with van der Waals surface area (Å²) < 4.78 is 12.5. The van der Waals surface area contributed by atoms with Gasteiger partial charge in [0.1, 0.15) is 24.1 Å². The number of nitrogens with zero attached hydrogens (tertiary/aromatic N) is 4. The van der Waals surface area contributed by atoms with E-state index in [0.29, 0.717) is 35.7 Å². The van der Waals surface area contributed by atoms with Crippen LogP contribution >= 0.6 is 0 Å². The molecule has 9 nitrogen and oxygen atoms in total. The molecule has 1 aliphatic heterocycles. The maximum atomic E-state index is 13.6. The summed E-state index contributed by atoms with van der Waals surface area (Å²) in [5.41, 5.74) is 8.43. The van der Waals surface area contributed by atoms with Gasteiger partial charge in [-0.15, -0.1) is 0 Å². The van der Waals surface area contributed by atoms with E-state index in [1.165, 1.54) is 4.68 Å². The highest BCUT2D eigenvalue weighted by atomic mass is 16.5. The van der Waals surface area contributed by atoms with Crippen LogP contribution in [0.4, 0.5) is 5.69 Å². The minimum absolute atomic E-state index is 0.119. The molecular weight excluding hydrogens is 434 g/mol. The van der Waals surface area contributed by atoms with E-state index in [2.05, 4.69) is 11.2 Å². The van der Waals surface area contributed by atoms with E-state index in [-0.39, 0.29) is 18.2 Å². The monoisotopic (exact) mass is 457 g/mol. The molecule has 1 aliphatic carbocycles. The van der Waals surface area contributed by atoms with E-state index in [9.17, 15) is 14.9 Å². The van der Waals surface area contributed by atoms with Gasteiger partial charge in [0.15, 0.2) is 5.69 Å². The van der Waals surface area contributed by atoms with Crippen molar-refractivity contribution >= 4 is 17.5 Å². The molecular formula is C25H23N5O4. The summed E-state index contributed by atoms with van der Waals surface area (Å²) >= 11 is 0. The van der Waals surface area contributed by atoms with Crippen LogP contribution < -0.4 is 15.4 Å². The molecule has 0 bridgehead atoms. The van der Waals surface area contributed by atoms with Crippen molar-refractivity contribution in [3.8, 4) is 17.5 Å². The second kappa shape index (κ2) is 8.32. The zero-order valence-electron chi connectivity index (χ0n) is 18.7. The lowest BCUT2D eigenvalue weighted by molar-refractivity contribution is -0.125. The molecule has 1 aromatic heterocycles. The highest BCUT2D eigenvalue weighted by Gasteiger charge is 2.46. The van der Waals surface area contributed by atoms with Crippen LogP contribution in [0, 0.1) is 11.3 Å². The van der Waals surface area contributed by atoms with Crippen molar-refractivity contribution in [3.05, 3.63) is 71.0 Å². The third kappa shape index (κ3) is 3.68. The van der Waals surface area contributed by atoms with Gasteiger partial charge in [0.05, 0.1) is 18.4 Å². The first-order valence-corrected chi connectivity index (χ1v) is 11.0. The Morgan fingerprint density at radius 2 is 1.82 bits per heavy atom. The van der Waals surface area contributed by atoms with Crippen LogP contribution in [0.25, 0.3) is 5.69 Å². The number of rotatable bonds is 7. The molecule has 9 heteroatoms. The van der Waals surface area contributed by atoms with Crippen LogP contribution in [0.2, 0.25) is 0 Å². The van der Waals surface area contributed by atoms with Crippen LogP contribution in [-0.2, 0) is 21.6 Å². The SMILES string of the molecule is COc1ccc(-n2nc(C#N)c3c2C(=O)N(c2ccc(C4(OCC(N)=O)CC4)cc2)CC3)cc1. The molecule has 3 aromatic rings. The lowest BCUT2D eigenvalue weighted by Crippen LogP contribution is -2.38. The molecule has 0 radical (unpaired) electrons. The average Bonchev–Trinajstić information content (AvgIpc) is 3.56. The molecule has 1 saturated carbocycles. The van der Waals surface area contributed by atoms with E-state index < -0.39 is 11.5 Å². The lowest BCUT2D eigenvalue weighted by Gasteiger charge is -2.28. The molecule has 2 heterocycles. The zero-order valence-corrected chi connectivity index (χ0v) is 18.7. The van der Waals surface area contributed by atoms with E-state index in [1.807, 2.05) is 24.3 Å². The predicted octanol–water partition coefficient (Wildman–Crippen LogP) is 2.45. The molecule has 0 unspecified atom stereocenters. The number of fused-ring (bicyclic) bond motifs is 1. The van der Waals surface area contributed by atoms with Gasteiger partial charge >= 0.3 is 0 Å². The topological polar surface area (TPSA) is 123 Å². The molecule has 5 rings (SSSR count). The predicted molar refractivity (Wildman–Crippen MR) is 123 cm³/mol. The summed E-state index contributed by atoms with van der Waals surface area (Å²) in [7, 11) is 1.58. The van der Waals surface area contributed by atoms with Gasteiger partial charge in [0.2, 0.25) is 5.91 Å². The zero-order chi connectivity index (χ0) is 23.9. The molecule has 34 heavy (non-hydrogen) atoms. The van der Waals surface area contributed by atoms with Gasteiger partial charge in [-0.1, -0.05) is 12.1 Å². The molecule has 2 amide bonds. The number of nitrogens with two attached hydrogens (primary N) is 1. The first-order chi connectivity index (χ1) is 16.5. The first kappa shape index (κ1) is 21.7. The van der Waals surface area contributed by atoms with Crippen molar-refractivity contribution in [2.24, 2.45) is 5.73 Å². The Balaban J connectivity index is 1.44. The molecule has 0 atom stereocenters. The number of benzene rings is 2. The summed E-state index contributed by atoms with van der Waals surface area (Å²) in [6.45, 7) is 0.323. The number of primary amides is 1. The largest absolute Gasteiger partial charge is 0.497 e. The highest BCUT2D eigenvalue weighted by molar-refractivity contribution is 6.07. The quantitative estimate of drug-likeness (QED) is 0.581. The number of aromatic nitrogens is 2. The minimum Gasteiger partial charge on any atom is -0.497 e. The van der Waals surface area contributed by atoms with Crippen LogP contribution in [0.3, 0.4) is 0 Å². The maximum Gasteiger partial charge on any atom is 0.277 e. The van der Waals surface area contributed by atoms with E-state index in [4.69, 9.17) is 15.2 Å². The number of methoxy groups -OCH3 is 1. The minimum atomic E-state index is -0.497. The molecule has 0 spiro atoms. The van der Waals surface area contributed by atoms with Crippen molar-refractivity contribution in [1.29, 1.82) is 5.26 Å². The summed E-state index contributed by atoms with van der Waals surface area (Å²) in [5, 5.41) is 14.0. The molecule has 2 N–H and O–H groups in total.